The van der Waals surface area contributed by atoms with Crippen molar-refractivity contribution in [3.8, 4) is 0 Å². The van der Waals surface area contributed by atoms with E-state index in [1.807, 2.05) is 31.2 Å². The van der Waals surface area contributed by atoms with Crippen LogP contribution in [0.1, 0.15) is 35.7 Å². The van der Waals surface area contributed by atoms with Crippen molar-refractivity contribution in [3.63, 3.8) is 0 Å². The standard InChI is InChI=1S/C21H22Cl2N2O3/c1-2-28-13-14-5-3-6-18(9-14)24-20(26)19-7-4-8-25(19)21(27)15-10-16(22)12-17(23)11-15/h3,5-6,9-12,19H,2,4,7-8,13H2,1H3,(H,24,26). The van der Waals surface area contributed by atoms with Gasteiger partial charge in [-0.05, 0) is 55.7 Å². The smallest absolute Gasteiger partial charge is 0.254 e. The molecule has 3 rings (SSSR count). The van der Waals surface area contributed by atoms with Crippen molar-refractivity contribution in [2.24, 2.45) is 0 Å². The van der Waals surface area contributed by atoms with Gasteiger partial charge in [0.1, 0.15) is 6.04 Å². The topological polar surface area (TPSA) is 58.6 Å². The van der Waals surface area contributed by atoms with E-state index in [4.69, 9.17) is 27.9 Å². The Bertz CT molecular complexity index is 852. The minimum absolute atomic E-state index is 0.201. The van der Waals surface area contributed by atoms with Gasteiger partial charge in [0.25, 0.3) is 5.91 Å². The third-order valence-electron chi connectivity index (χ3n) is 4.59. The predicted octanol–water partition coefficient (Wildman–Crippen LogP) is 4.77. The number of amides is 2. The number of anilines is 1. The number of hydrogen-bond acceptors (Lipinski definition) is 3. The summed E-state index contributed by atoms with van der Waals surface area (Å²) in [5, 5.41) is 3.70. The quantitative estimate of drug-likeness (QED) is 0.731. The average Bonchev–Trinajstić information content (AvgIpc) is 3.15. The van der Waals surface area contributed by atoms with E-state index in [2.05, 4.69) is 5.32 Å². The number of ether oxygens (including phenoxy) is 1. The number of carbonyl (C=O) groups excluding carboxylic acids is 2. The van der Waals surface area contributed by atoms with Gasteiger partial charge in [-0.2, -0.15) is 0 Å². The molecule has 0 aromatic heterocycles. The van der Waals surface area contributed by atoms with E-state index in [1.54, 1.807) is 23.1 Å². The van der Waals surface area contributed by atoms with E-state index in [0.29, 0.717) is 47.5 Å². The lowest BCUT2D eigenvalue weighted by Gasteiger charge is -2.24. The van der Waals surface area contributed by atoms with Gasteiger partial charge >= 0.3 is 0 Å². The van der Waals surface area contributed by atoms with Crippen LogP contribution in [0.5, 0.6) is 0 Å². The molecule has 0 saturated carbocycles. The summed E-state index contributed by atoms with van der Waals surface area (Å²) in [5.41, 5.74) is 2.05. The fourth-order valence-corrected chi connectivity index (χ4v) is 3.84. The molecule has 2 aromatic rings. The molecule has 1 unspecified atom stereocenters. The molecule has 148 valence electrons. The number of nitrogens with zero attached hydrogens (tertiary/aromatic N) is 1. The van der Waals surface area contributed by atoms with Crippen molar-refractivity contribution in [1.29, 1.82) is 0 Å². The molecule has 1 aliphatic heterocycles. The van der Waals surface area contributed by atoms with E-state index in [-0.39, 0.29) is 11.8 Å². The second-order valence-electron chi connectivity index (χ2n) is 6.64. The minimum atomic E-state index is -0.527. The molecule has 1 aliphatic rings. The Morgan fingerprint density at radius 1 is 1.18 bits per heavy atom. The molecule has 1 N–H and O–H groups in total. The van der Waals surface area contributed by atoms with Crippen molar-refractivity contribution in [2.45, 2.75) is 32.4 Å². The van der Waals surface area contributed by atoms with Gasteiger partial charge in [0.05, 0.1) is 6.61 Å². The lowest BCUT2D eigenvalue weighted by Crippen LogP contribution is -2.43. The molecule has 1 heterocycles. The summed E-state index contributed by atoms with van der Waals surface area (Å²) in [6.07, 6.45) is 1.38. The molecular formula is C21H22Cl2N2O3. The zero-order valence-corrected chi connectivity index (χ0v) is 17.1. The Kier molecular flexibility index (Phi) is 6.94. The second-order valence-corrected chi connectivity index (χ2v) is 7.51. The maximum absolute atomic E-state index is 12.9. The first-order valence-corrected chi connectivity index (χ1v) is 9.98. The van der Waals surface area contributed by atoms with Crippen LogP contribution in [0.25, 0.3) is 0 Å². The average molecular weight is 421 g/mol. The first-order valence-electron chi connectivity index (χ1n) is 9.22. The number of likely N-dealkylation sites (tertiary alicyclic amines) is 1. The van der Waals surface area contributed by atoms with Gasteiger partial charge in [0, 0.05) is 34.4 Å². The van der Waals surface area contributed by atoms with E-state index >= 15 is 0 Å². The van der Waals surface area contributed by atoms with Gasteiger partial charge in [-0.3, -0.25) is 9.59 Å². The molecule has 0 bridgehead atoms. The van der Waals surface area contributed by atoms with Crippen LogP contribution < -0.4 is 5.32 Å². The molecule has 1 fully saturated rings. The van der Waals surface area contributed by atoms with Gasteiger partial charge in [0.2, 0.25) is 5.91 Å². The Morgan fingerprint density at radius 3 is 2.64 bits per heavy atom. The van der Waals surface area contributed by atoms with Crippen LogP contribution in [0.2, 0.25) is 10.0 Å². The zero-order chi connectivity index (χ0) is 20.1. The normalized spacial score (nSPS) is 16.2. The van der Waals surface area contributed by atoms with Crippen LogP contribution >= 0.6 is 23.2 Å². The zero-order valence-electron chi connectivity index (χ0n) is 15.6. The Morgan fingerprint density at radius 2 is 1.93 bits per heavy atom. The largest absolute Gasteiger partial charge is 0.377 e. The monoisotopic (exact) mass is 420 g/mol. The fourth-order valence-electron chi connectivity index (χ4n) is 3.31. The molecule has 1 atom stereocenters. The summed E-state index contributed by atoms with van der Waals surface area (Å²) in [6.45, 7) is 3.57. The minimum Gasteiger partial charge on any atom is -0.377 e. The predicted molar refractivity (Wildman–Crippen MR) is 111 cm³/mol. The molecule has 5 nitrogen and oxygen atoms in total. The number of hydrogen-bond donors (Lipinski definition) is 1. The third kappa shape index (κ3) is 5.04. The summed E-state index contributed by atoms with van der Waals surface area (Å²) in [4.78, 5) is 27.3. The highest BCUT2D eigenvalue weighted by Crippen LogP contribution is 2.25. The first kappa shape index (κ1) is 20.6. The van der Waals surface area contributed by atoms with Crippen LogP contribution in [0.15, 0.2) is 42.5 Å². The molecular weight excluding hydrogens is 399 g/mol. The number of halogens is 2. The SMILES string of the molecule is CCOCc1cccc(NC(=O)C2CCCN2C(=O)c2cc(Cl)cc(Cl)c2)c1. The lowest BCUT2D eigenvalue weighted by atomic mass is 10.1. The maximum atomic E-state index is 12.9. The summed E-state index contributed by atoms with van der Waals surface area (Å²) in [7, 11) is 0. The van der Waals surface area contributed by atoms with Crippen molar-refractivity contribution in [3.05, 3.63) is 63.6 Å². The van der Waals surface area contributed by atoms with Crippen LogP contribution in [0, 0.1) is 0 Å². The Hall–Kier alpha value is -2.08. The third-order valence-corrected chi connectivity index (χ3v) is 5.03. The van der Waals surface area contributed by atoms with E-state index in [1.165, 1.54) is 0 Å². The molecule has 2 amide bonds. The molecule has 0 radical (unpaired) electrons. The van der Waals surface area contributed by atoms with Crippen molar-refractivity contribution in [2.75, 3.05) is 18.5 Å². The maximum Gasteiger partial charge on any atom is 0.254 e. The summed E-state index contributed by atoms with van der Waals surface area (Å²) < 4.78 is 5.41. The summed E-state index contributed by atoms with van der Waals surface area (Å²) in [5.74, 6) is -0.445. The summed E-state index contributed by atoms with van der Waals surface area (Å²) in [6, 6.07) is 11.7. The molecule has 7 heteroatoms. The van der Waals surface area contributed by atoms with Gasteiger partial charge < -0.3 is 15.0 Å². The highest BCUT2D eigenvalue weighted by atomic mass is 35.5. The number of rotatable bonds is 6. The van der Waals surface area contributed by atoms with Crippen molar-refractivity contribution in [1.82, 2.24) is 4.90 Å². The van der Waals surface area contributed by atoms with E-state index in [0.717, 1.165) is 12.0 Å². The highest BCUT2D eigenvalue weighted by Gasteiger charge is 2.34. The Balaban J connectivity index is 1.71. The molecule has 1 saturated heterocycles. The van der Waals surface area contributed by atoms with Crippen molar-refractivity contribution < 1.29 is 14.3 Å². The lowest BCUT2D eigenvalue weighted by molar-refractivity contribution is -0.119. The van der Waals surface area contributed by atoms with Crippen LogP contribution in [-0.4, -0.2) is 35.9 Å². The number of benzene rings is 2. The van der Waals surface area contributed by atoms with Gasteiger partial charge in [-0.15, -0.1) is 0 Å². The molecule has 0 spiro atoms. The van der Waals surface area contributed by atoms with Crippen LogP contribution in [0.3, 0.4) is 0 Å². The van der Waals surface area contributed by atoms with Crippen LogP contribution in [0.4, 0.5) is 5.69 Å². The molecule has 0 aliphatic carbocycles. The highest BCUT2D eigenvalue weighted by molar-refractivity contribution is 6.35. The van der Waals surface area contributed by atoms with Crippen molar-refractivity contribution >= 4 is 40.7 Å². The van der Waals surface area contributed by atoms with E-state index in [9.17, 15) is 9.59 Å². The Labute approximate surface area is 174 Å². The van der Waals surface area contributed by atoms with E-state index < -0.39 is 6.04 Å². The second kappa shape index (κ2) is 9.41. The fraction of sp³-hybridized carbons (Fsp3) is 0.333. The van der Waals surface area contributed by atoms with Gasteiger partial charge in [-0.25, -0.2) is 0 Å². The number of carbonyl (C=O) groups is 2. The van der Waals surface area contributed by atoms with Gasteiger partial charge in [0.15, 0.2) is 0 Å². The van der Waals surface area contributed by atoms with Crippen LogP contribution in [-0.2, 0) is 16.1 Å². The molecule has 28 heavy (non-hydrogen) atoms. The summed E-state index contributed by atoms with van der Waals surface area (Å²) >= 11 is 12.0. The van der Waals surface area contributed by atoms with Gasteiger partial charge in [-0.1, -0.05) is 35.3 Å². The molecule has 2 aromatic carbocycles. The number of nitrogens with one attached hydrogen (secondary N) is 1. The first-order chi connectivity index (χ1) is 13.5.